The van der Waals surface area contributed by atoms with Crippen molar-refractivity contribution in [3.05, 3.63) is 17.6 Å². The largest absolute Gasteiger partial charge is 0.353 e. The fourth-order valence-electron chi connectivity index (χ4n) is 2.64. The van der Waals surface area contributed by atoms with Crippen LogP contribution in [-0.4, -0.2) is 29.1 Å². The highest BCUT2D eigenvalue weighted by atomic mass is 15.2. The van der Waals surface area contributed by atoms with Gasteiger partial charge in [0, 0.05) is 24.3 Å². The second-order valence-corrected chi connectivity index (χ2v) is 4.84. The lowest BCUT2D eigenvalue weighted by molar-refractivity contribution is 0.438. The first-order valence-corrected chi connectivity index (χ1v) is 6.49. The predicted molar refractivity (Wildman–Crippen MR) is 70.2 cm³/mol. The summed E-state index contributed by atoms with van der Waals surface area (Å²) in [5.74, 6) is 1.94. The topological polar surface area (TPSA) is 55.0 Å². The smallest absolute Gasteiger partial charge is 0.132 e. The highest BCUT2D eigenvalue weighted by Gasteiger charge is 2.23. The van der Waals surface area contributed by atoms with E-state index in [0.717, 1.165) is 36.8 Å². The molecule has 2 rings (SSSR count). The highest BCUT2D eigenvalue weighted by Crippen LogP contribution is 2.25. The van der Waals surface area contributed by atoms with Gasteiger partial charge in [0.2, 0.25) is 0 Å². The van der Waals surface area contributed by atoms with Crippen LogP contribution < -0.4 is 10.6 Å². The van der Waals surface area contributed by atoms with Gasteiger partial charge in [0.1, 0.15) is 11.6 Å². The van der Waals surface area contributed by atoms with Crippen LogP contribution in [0.3, 0.4) is 0 Å². The molecule has 17 heavy (non-hydrogen) atoms. The van der Waals surface area contributed by atoms with Gasteiger partial charge in [-0.25, -0.2) is 9.97 Å². The molecule has 4 heteroatoms. The fourth-order valence-corrected chi connectivity index (χ4v) is 2.64. The molecule has 2 heterocycles. The fraction of sp³-hybridized carbons (Fsp3) is 0.692. The molecule has 0 radical (unpaired) electrons. The van der Waals surface area contributed by atoms with Gasteiger partial charge in [0.05, 0.1) is 0 Å². The van der Waals surface area contributed by atoms with Crippen molar-refractivity contribution in [2.75, 3.05) is 18.0 Å². The van der Waals surface area contributed by atoms with Crippen LogP contribution in [-0.2, 0) is 0 Å². The van der Waals surface area contributed by atoms with Crippen molar-refractivity contribution in [1.29, 1.82) is 0 Å². The van der Waals surface area contributed by atoms with Crippen LogP contribution in [0.5, 0.6) is 0 Å². The summed E-state index contributed by atoms with van der Waals surface area (Å²) in [5, 5.41) is 0. The predicted octanol–water partition coefficient (Wildman–Crippen LogP) is 1.80. The Morgan fingerprint density at radius 3 is 2.88 bits per heavy atom. The molecule has 94 valence electrons. The van der Waals surface area contributed by atoms with E-state index in [-0.39, 0.29) is 0 Å². The zero-order valence-corrected chi connectivity index (χ0v) is 10.8. The van der Waals surface area contributed by atoms with Crippen molar-refractivity contribution in [3.63, 3.8) is 0 Å². The number of hydrogen-bond acceptors (Lipinski definition) is 4. The maximum Gasteiger partial charge on any atom is 0.132 e. The Morgan fingerprint density at radius 1 is 1.35 bits per heavy atom. The average molecular weight is 234 g/mol. The minimum Gasteiger partial charge on any atom is -0.353 e. The molecule has 1 atom stereocenters. The molecule has 0 saturated carbocycles. The SMILES string of the molecule is Cc1cc(N2CCCCC2CCN)nc(C)n1. The summed E-state index contributed by atoms with van der Waals surface area (Å²) in [5.41, 5.74) is 6.75. The molecule has 0 aliphatic carbocycles. The Bertz CT molecular complexity index is 355. The standard InChI is InChI=1S/C13H22N4/c1-10-9-13(16-11(2)15-10)17-8-4-3-5-12(17)6-7-14/h9,12H,3-8,14H2,1-2H3. The van der Waals surface area contributed by atoms with Gasteiger partial charge in [-0.1, -0.05) is 0 Å². The van der Waals surface area contributed by atoms with E-state index in [4.69, 9.17) is 5.73 Å². The summed E-state index contributed by atoms with van der Waals surface area (Å²) in [6, 6.07) is 2.64. The second kappa shape index (κ2) is 5.45. The van der Waals surface area contributed by atoms with Crippen LogP contribution in [0, 0.1) is 13.8 Å². The van der Waals surface area contributed by atoms with Gasteiger partial charge in [-0.2, -0.15) is 0 Å². The number of nitrogens with two attached hydrogens (primary N) is 1. The Morgan fingerprint density at radius 2 is 2.18 bits per heavy atom. The Balaban J connectivity index is 2.22. The molecule has 1 aliphatic rings. The van der Waals surface area contributed by atoms with Gasteiger partial charge in [-0.15, -0.1) is 0 Å². The minimum absolute atomic E-state index is 0.558. The number of hydrogen-bond donors (Lipinski definition) is 1. The summed E-state index contributed by atoms with van der Waals surface area (Å²) >= 11 is 0. The monoisotopic (exact) mass is 234 g/mol. The first kappa shape index (κ1) is 12.3. The molecule has 0 spiro atoms. The number of rotatable bonds is 3. The molecule has 2 N–H and O–H groups in total. The summed E-state index contributed by atoms with van der Waals surface area (Å²) in [4.78, 5) is 11.3. The third kappa shape index (κ3) is 2.94. The van der Waals surface area contributed by atoms with E-state index in [2.05, 4.69) is 20.9 Å². The van der Waals surface area contributed by atoms with E-state index in [9.17, 15) is 0 Å². The molecule has 1 aromatic heterocycles. The lowest BCUT2D eigenvalue weighted by atomic mass is 9.99. The molecule has 1 fully saturated rings. The normalized spacial score (nSPS) is 20.6. The summed E-state index contributed by atoms with van der Waals surface area (Å²) < 4.78 is 0. The minimum atomic E-state index is 0.558. The quantitative estimate of drug-likeness (QED) is 0.866. The summed E-state index contributed by atoms with van der Waals surface area (Å²) in [6.45, 7) is 5.84. The molecule has 0 amide bonds. The van der Waals surface area contributed by atoms with E-state index in [1.54, 1.807) is 0 Å². The van der Waals surface area contributed by atoms with Crippen LogP contribution in [0.25, 0.3) is 0 Å². The third-order valence-electron chi connectivity index (χ3n) is 3.37. The summed E-state index contributed by atoms with van der Waals surface area (Å²) in [6.07, 6.45) is 4.86. The zero-order chi connectivity index (χ0) is 12.3. The Kier molecular flexibility index (Phi) is 3.94. The average Bonchev–Trinajstić information content (AvgIpc) is 2.29. The van der Waals surface area contributed by atoms with E-state index < -0.39 is 0 Å². The van der Waals surface area contributed by atoms with E-state index >= 15 is 0 Å². The van der Waals surface area contributed by atoms with Crippen molar-refractivity contribution < 1.29 is 0 Å². The number of nitrogens with zero attached hydrogens (tertiary/aromatic N) is 3. The molecule has 0 bridgehead atoms. The molecule has 1 saturated heterocycles. The van der Waals surface area contributed by atoms with Crippen LogP contribution in [0.4, 0.5) is 5.82 Å². The van der Waals surface area contributed by atoms with Crippen molar-refractivity contribution in [3.8, 4) is 0 Å². The highest BCUT2D eigenvalue weighted by molar-refractivity contribution is 5.41. The summed E-state index contributed by atoms with van der Waals surface area (Å²) in [7, 11) is 0. The van der Waals surface area contributed by atoms with Gasteiger partial charge >= 0.3 is 0 Å². The van der Waals surface area contributed by atoms with Crippen LogP contribution >= 0.6 is 0 Å². The first-order valence-electron chi connectivity index (χ1n) is 6.49. The van der Waals surface area contributed by atoms with Crippen molar-refractivity contribution in [2.45, 2.75) is 45.6 Å². The number of aryl methyl sites for hydroxylation is 2. The number of aromatic nitrogens is 2. The van der Waals surface area contributed by atoms with Crippen LogP contribution in [0.15, 0.2) is 6.07 Å². The maximum atomic E-state index is 5.70. The van der Waals surface area contributed by atoms with E-state index in [1.165, 1.54) is 19.3 Å². The lowest BCUT2D eigenvalue weighted by Crippen LogP contribution is -2.41. The van der Waals surface area contributed by atoms with Crippen LogP contribution in [0.1, 0.15) is 37.2 Å². The molecule has 1 aromatic rings. The Labute approximate surface area is 103 Å². The van der Waals surface area contributed by atoms with Gasteiger partial charge in [0.25, 0.3) is 0 Å². The van der Waals surface area contributed by atoms with Crippen molar-refractivity contribution in [1.82, 2.24) is 9.97 Å². The first-order chi connectivity index (χ1) is 8.20. The maximum absolute atomic E-state index is 5.70. The van der Waals surface area contributed by atoms with E-state index in [1.807, 2.05) is 13.8 Å². The van der Waals surface area contributed by atoms with Crippen LogP contribution in [0.2, 0.25) is 0 Å². The van der Waals surface area contributed by atoms with Crippen molar-refractivity contribution in [2.24, 2.45) is 5.73 Å². The van der Waals surface area contributed by atoms with Gasteiger partial charge in [-0.3, -0.25) is 0 Å². The second-order valence-electron chi connectivity index (χ2n) is 4.84. The van der Waals surface area contributed by atoms with Crippen molar-refractivity contribution >= 4 is 5.82 Å². The zero-order valence-electron chi connectivity index (χ0n) is 10.8. The molecular weight excluding hydrogens is 212 g/mol. The van der Waals surface area contributed by atoms with E-state index in [0.29, 0.717) is 6.04 Å². The number of piperidine rings is 1. The van der Waals surface area contributed by atoms with Gasteiger partial charge in [0.15, 0.2) is 0 Å². The molecular formula is C13H22N4. The Hall–Kier alpha value is -1.16. The van der Waals surface area contributed by atoms with Gasteiger partial charge < -0.3 is 10.6 Å². The molecule has 4 nitrogen and oxygen atoms in total. The third-order valence-corrected chi connectivity index (χ3v) is 3.37. The van der Waals surface area contributed by atoms with Gasteiger partial charge in [-0.05, 0) is 46.1 Å². The molecule has 0 aromatic carbocycles. The number of anilines is 1. The molecule has 1 unspecified atom stereocenters. The molecule has 1 aliphatic heterocycles. The lowest BCUT2D eigenvalue weighted by Gasteiger charge is -2.36.